The number of alkyl halides is 3. The lowest BCUT2D eigenvalue weighted by molar-refractivity contribution is -0.138. The number of carbonyl (C=O) groups excluding carboxylic acids is 2. The third-order valence-electron chi connectivity index (χ3n) is 4.67. The normalized spacial score (nSPS) is 15.0. The van der Waals surface area contributed by atoms with Crippen LogP contribution in [0.15, 0.2) is 41.6 Å². The summed E-state index contributed by atoms with van der Waals surface area (Å²) in [4.78, 5) is 31.8. The molecule has 1 N–H and O–H groups in total. The summed E-state index contributed by atoms with van der Waals surface area (Å²) in [6.07, 6.45) is -3.85. The van der Waals surface area contributed by atoms with Gasteiger partial charge < -0.3 is 10.2 Å². The van der Waals surface area contributed by atoms with E-state index < -0.39 is 17.6 Å². The summed E-state index contributed by atoms with van der Waals surface area (Å²) in [5.74, 6) is -0.941. The first-order valence-corrected chi connectivity index (χ1v) is 10.9. The van der Waals surface area contributed by atoms with Crippen LogP contribution in [-0.2, 0) is 15.8 Å². The van der Waals surface area contributed by atoms with Crippen molar-refractivity contribution in [3.8, 4) is 0 Å². The molecule has 0 atom stereocenters. The number of aromatic nitrogens is 1. The molecule has 0 aliphatic carbocycles. The van der Waals surface area contributed by atoms with E-state index in [-0.39, 0.29) is 34.2 Å². The van der Waals surface area contributed by atoms with Crippen LogP contribution in [0.1, 0.15) is 5.56 Å². The zero-order valence-electron chi connectivity index (χ0n) is 16.7. The van der Waals surface area contributed by atoms with Crippen LogP contribution >= 0.6 is 23.4 Å². The van der Waals surface area contributed by atoms with Crippen molar-refractivity contribution in [2.45, 2.75) is 11.2 Å². The highest BCUT2D eigenvalue weighted by Crippen LogP contribution is 2.33. The summed E-state index contributed by atoms with van der Waals surface area (Å²) < 4.78 is 51.2. The van der Waals surface area contributed by atoms with E-state index in [1.54, 1.807) is 11.0 Å². The zero-order valence-corrected chi connectivity index (χ0v) is 18.2. The smallest absolute Gasteiger partial charge is 0.339 e. The minimum absolute atomic E-state index is 0.0157. The SMILES string of the molecule is O=C(CN1CCN(C(=O)CSc2ncc(C(F)(F)F)cc2Cl)CC1)Nc1cccc(F)c1. The minimum Gasteiger partial charge on any atom is -0.339 e. The molecule has 0 bridgehead atoms. The Morgan fingerprint density at radius 1 is 1.16 bits per heavy atom. The molecular formula is C20H19ClF4N4O2S. The number of halogens is 5. The predicted octanol–water partition coefficient (Wildman–Crippen LogP) is 3.77. The van der Waals surface area contributed by atoms with Gasteiger partial charge in [-0.15, -0.1) is 0 Å². The van der Waals surface area contributed by atoms with Gasteiger partial charge in [0.2, 0.25) is 11.8 Å². The van der Waals surface area contributed by atoms with Crippen molar-refractivity contribution in [3.63, 3.8) is 0 Å². The molecule has 6 nitrogen and oxygen atoms in total. The van der Waals surface area contributed by atoms with Gasteiger partial charge in [-0.2, -0.15) is 13.2 Å². The number of anilines is 1. The van der Waals surface area contributed by atoms with Gasteiger partial charge in [0.05, 0.1) is 22.9 Å². The third kappa shape index (κ3) is 6.81. The molecule has 2 heterocycles. The van der Waals surface area contributed by atoms with Gasteiger partial charge in [-0.05, 0) is 24.3 Å². The van der Waals surface area contributed by atoms with Gasteiger partial charge in [0.15, 0.2) is 0 Å². The van der Waals surface area contributed by atoms with E-state index in [0.717, 1.165) is 17.8 Å². The molecule has 3 rings (SSSR count). The van der Waals surface area contributed by atoms with Gasteiger partial charge >= 0.3 is 6.18 Å². The Labute approximate surface area is 190 Å². The van der Waals surface area contributed by atoms with E-state index in [9.17, 15) is 27.2 Å². The molecule has 0 spiro atoms. The Kier molecular flexibility index (Phi) is 7.96. The Hall–Kier alpha value is -2.37. The van der Waals surface area contributed by atoms with Crippen molar-refractivity contribution in [2.75, 3.05) is 43.8 Å². The fraction of sp³-hybridized carbons (Fsp3) is 0.350. The van der Waals surface area contributed by atoms with Crippen LogP contribution in [0.25, 0.3) is 0 Å². The molecule has 1 fully saturated rings. The Morgan fingerprint density at radius 2 is 1.88 bits per heavy atom. The standard InChI is InChI=1S/C20H19ClF4N4O2S/c21-16-8-13(20(23,24)25)10-26-19(16)32-12-18(31)29-6-4-28(5-7-29)11-17(30)27-15-3-1-2-14(22)9-15/h1-3,8-10H,4-7,11-12H2,(H,27,30). The highest BCUT2D eigenvalue weighted by atomic mass is 35.5. The van der Waals surface area contributed by atoms with Crippen LogP contribution in [0.2, 0.25) is 5.02 Å². The van der Waals surface area contributed by atoms with Crippen LogP contribution in [0.5, 0.6) is 0 Å². The average molecular weight is 491 g/mol. The van der Waals surface area contributed by atoms with Gasteiger partial charge in [-0.1, -0.05) is 29.4 Å². The second-order valence-corrected chi connectivity index (χ2v) is 8.38. The topological polar surface area (TPSA) is 65.5 Å². The monoisotopic (exact) mass is 490 g/mol. The quantitative estimate of drug-likeness (QED) is 0.493. The van der Waals surface area contributed by atoms with Crippen LogP contribution in [0.4, 0.5) is 23.2 Å². The molecule has 0 saturated carbocycles. The number of nitrogens with one attached hydrogen (secondary N) is 1. The van der Waals surface area contributed by atoms with Crippen molar-refractivity contribution in [1.82, 2.24) is 14.8 Å². The average Bonchev–Trinajstić information content (AvgIpc) is 2.72. The maximum atomic E-state index is 13.2. The number of carbonyl (C=O) groups is 2. The van der Waals surface area contributed by atoms with E-state index in [4.69, 9.17) is 11.6 Å². The van der Waals surface area contributed by atoms with Gasteiger partial charge in [0.1, 0.15) is 10.8 Å². The highest BCUT2D eigenvalue weighted by molar-refractivity contribution is 8.00. The molecule has 2 aromatic rings. The van der Waals surface area contributed by atoms with Crippen molar-refractivity contribution in [2.24, 2.45) is 0 Å². The van der Waals surface area contributed by atoms with Gasteiger partial charge in [-0.25, -0.2) is 9.37 Å². The number of thioether (sulfide) groups is 1. The molecule has 1 aromatic heterocycles. The first-order valence-electron chi connectivity index (χ1n) is 9.53. The molecule has 172 valence electrons. The van der Waals surface area contributed by atoms with Gasteiger partial charge in [0, 0.05) is 38.1 Å². The zero-order chi connectivity index (χ0) is 23.3. The molecule has 1 aliphatic rings. The summed E-state index contributed by atoms with van der Waals surface area (Å²) in [7, 11) is 0. The second-order valence-electron chi connectivity index (χ2n) is 7.01. The van der Waals surface area contributed by atoms with Crippen LogP contribution in [-0.4, -0.2) is 65.1 Å². The maximum absolute atomic E-state index is 13.2. The van der Waals surface area contributed by atoms with E-state index in [2.05, 4.69) is 10.3 Å². The Morgan fingerprint density at radius 3 is 2.50 bits per heavy atom. The van der Waals surface area contributed by atoms with E-state index in [1.807, 2.05) is 4.90 Å². The number of nitrogens with zero attached hydrogens (tertiary/aromatic N) is 3. The molecule has 2 amide bonds. The summed E-state index contributed by atoms with van der Waals surface area (Å²) >= 11 is 6.84. The van der Waals surface area contributed by atoms with Crippen LogP contribution in [0.3, 0.4) is 0 Å². The second kappa shape index (κ2) is 10.5. The Balaban J connectivity index is 1.43. The summed E-state index contributed by atoms with van der Waals surface area (Å²) in [5.41, 5.74) is -0.577. The van der Waals surface area contributed by atoms with Crippen molar-refractivity contribution < 1.29 is 27.2 Å². The number of hydrogen-bond donors (Lipinski definition) is 1. The number of hydrogen-bond acceptors (Lipinski definition) is 5. The fourth-order valence-corrected chi connectivity index (χ4v) is 4.13. The lowest BCUT2D eigenvalue weighted by atomic mass is 10.3. The molecule has 12 heteroatoms. The third-order valence-corrected chi connectivity index (χ3v) is 6.06. The minimum atomic E-state index is -4.54. The maximum Gasteiger partial charge on any atom is 0.417 e. The lowest BCUT2D eigenvalue weighted by Gasteiger charge is -2.34. The van der Waals surface area contributed by atoms with Gasteiger partial charge in [0.25, 0.3) is 0 Å². The van der Waals surface area contributed by atoms with Crippen molar-refractivity contribution >= 4 is 40.9 Å². The number of amides is 2. The molecule has 1 aliphatic heterocycles. The molecule has 32 heavy (non-hydrogen) atoms. The number of benzene rings is 1. The molecule has 1 aromatic carbocycles. The first kappa shape index (κ1) is 24.3. The van der Waals surface area contributed by atoms with Gasteiger partial charge in [-0.3, -0.25) is 14.5 Å². The highest BCUT2D eigenvalue weighted by Gasteiger charge is 2.31. The summed E-state index contributed by atoms with van der Waals surface area (Å²) in [6, 6.07) is 6.39. The summed E-state index contributed by atoms with van der Waals surface area (Å²) in [5, 5.41) is 2.62. The van der Waals surface area contributed by atoms with Crippen molar-refractivity contribution in [3.05, 3.63) is 52.9 Å². The largest absolute Gasteiger partial charge is 0.417 e. The van der Waals surface area contributed by atoms with E-state index >= 15 is 0 Å². The lowest BCUT2D eigenvalue weighted by Crippen LogP contribution is -2.50. The molecule has 1 saturated heterocycles. The number of piperazine rings is 1. The molecule has 0 unspecified atom stereocenters. The Bertz CT molecular complexity index is 984. The first-order chi connectivity index (χ1) is 15.1. The number of pyridine rings is 1. The van der Waals surface area contributed by atoms with Crippen molar-refractivity contribution in [1.29, 1.82) is 0 Å². The number of rotatable bonds is 6. The molecular weight excluding hydrogens is 472 g/mol. The van der Waals surface area contributed by atoms with Crippen LogP contribution < -0.4 is 5.32 Å². The van der Waals surface area contributed by atoms with Crippen LogP contribution in [0, 0.1) is 5.82 Å². The molecule has 0 radical (unpaired) electrons. The fourth-order valence-electron chi connectivity index (χ4n) is 3.03. The predicted molar refractivity (Wildman–Crippen MR) is 113 cm³/mol. The van der Waals surface area contributed by atoms with E-state index in [1.165, 1.54) is 18.2 Å². The van der Waals surface area contributed by atoms with E-state index in [0.29, 0.717) is 38.1 Å². The summed E-state index contributed by atoms with van der Waals surface area (Å²) in [6.45, 7) is 1.87.